The van der Waals surface area contributed by atoms with Gasteiger partial charge in [-0.05, 0) is 18.6 Å². The lowest BCUT2D eigenvalue weighted by Gasteiger charge is -2.16. The zero-order chi connectivity index (χ0) is 10.8. The molecule has 0 aromatic carbocycles. The maximum absolute atomic E-state index is 10.9. The number of amides is 1. The van der Waals surface area contributed by atoms with E-state index in [9.17, 15) is 9.90 Å². The largest absolute Gasteiger partial charge is 0.391 e. The third-order valence-electron chi connectivity index (χ3n) is 2.40. The van der Waals surface area contributed by atoms with Crippen LogP contribution < -0.4 is 10.6 Å². The molecule has 0 saturated carbocycles. The first-order chi connectivity index (χ1) is 7.16. The molecule has 1 aromatic rings. The molecule has 1 saturated heterocycles. The molecule has 1 amide bonds. The van der Waals surface area contributed by atoms with Crippen LogP contribution in [0.5, 0.6) is 0 Å². The van der Waals surface area contributed by atoms with Crippen molar-refractivity contribution in [3.05, 3.63) is 23.9 Å². The molecule has 1 atom stereocenters. The predicted octanol–water partition coefficient (Wildman–Crippen LogP) is -0.448. The van der Waals surface area contributed by atoms with Gasteiger partial charge in [-0.15, -0.1) is 0 Å². The van der Waals surface area contributed by atoms with E-state index in [0.717, 1.165) is 13.0 Å². The average molecular weight is 206 g/mol. The van der Waals surface area contributed by atoms with Crippen LogP contribution in [-0.2, 0) is 0 Å². The number of nitrogens with two attached hydrogens (primary N) is 1. The molecule has 1 aliphatic rings. The number of primary amides is 1. The molecule has 1 radical (unpaired) electrons. The second-order valence-electron chi connectivity index (χ2n) is 3.55. The van der Waals surface area contributed by atoms with Crippen LogP contribution in [0.25, 0.3) is 0 Å². The maximum Gasteiger partial charge on any atom is 0.268 e. The minimum atomic E-state index is -0.586. The lowest BCUT2D eigenvalue weighted by molar-refractivity contribution is 0.0995. The van der Waals surface area contributed by atoms with Gasteiger partial charge in [0.2, 0.25) is 0 Å². The minimum absolute atomic E-state index is 0.133. The Kier molecular flexibility index (Phi) is 2.55. The highest BCUT2D eigenvalue weighted by molar-refractivity contribution is 5.90. The van der Waals surface area contributed by atoms with E-state index in [1.807, 2.05) is 4.90 Å². The van der Waals surface area contributed by atoms with Gasteiger partial charge in [-0.2, -0.15) is 0 Å². The van der Waals surface area contributed by atoms with Gasteiger partial charge in [0.1, 0.15) is 11.5 Å². The van der Waals surface area contributed by atoms with Crippen molar-refractivity contribution in [2.45, 2.75) is 12.5 Å². The summed E-state index contributed by atoms with van der Waals surface area (Å²) in [5.41, 5.74) is 5.24. The standard InChI is InChI=1S/C10H12N3O2/c11-10(15)8-2-1-3-9(12-8)13-5-4-7(14)6-13/h1,3,7,14H,4-6H2,(H2,11,15). The number of aliphatic hydroxyl groups is 1. The smallest absolute Gasteiger partial charge is 0.268 e. The van der Waals surface area contributed by atoms with Crippen molar-refractivity contribution in [1.82, 2.24) is 4.98 Å². The van der Waals surface area contributed by atoms with Crippen molar-refractivity contribution < 1.29 is 9.90 Å². The molecular weight excluding hydrogens is 194 g/mol. The average Bonchev–Trinajstić information content (AvgIpc) is 2.65. The molecule has 0 spiro atoms. The monoisotopic (exact) mass is 206 g/mol. The summed E-state index contributed by atoms with van der Waals surface area (Å²) in [7, 11) is 0. The quantitative estimate of drug-likeness (QED) is 0.687. The fraction of sp³-hybridized carbons (Fsp3) is 0.400. The van der Waals surface area contributed by atoms with Gasteiger partial charge in [0, 0.05) is 19.2 Å². The van der Waals surface area contributed by atoms with Crippen molar-refractivity contribution in [2.24, 2.45) is 5.73 Å². The molecular formula is C10H12N3O2. The van der Waals surface area contributed by atoms with Crippen molar-refractivity contribution in [3.8, 4) is 0 Å². The summed E-state index contributed by atoms with van der Waals surface area (Å²) in [5.74, 6) is 0.0793. The Bertz CT molecular complexity index is 381. The molecule has 1 aromatic heterocycles. The molecule has 1 aliphatic heterocycles. The Morgan fingerprint density at radius 2 is 2.53 bits per heavy atom. The molecule has 15 heavy (non-hydrogen) atoms. The summed E-state index contributed by atoms with van der Waals surface area (Å²) in [6, 6.07) is 6.04. The number of β-amino-alcohol motifs (C(OH)–C–C–N with tert-alkyl or cyclic N) is 1. The van der Waals surface area contributed by atoms with E-state index in [1.54, 1.807) is 12.1 Å². The summed E-state index contributed by atoms with van der Waals surface area (Å²) >= 11 is 0. The predicted molar refractivity (Wildman–Crippen MR) is 54.4 cm³/mol. The Balaban J connectivity index is 2.21. The van der Waals surface area contributed by atoms with Crippen LogP contribution in [0.4, 0.5) is 5.82 Å². The molecule has 1 unspecified atom stereocenters. The number of aromatic nitrogens is 1. The van der Waals surface area contributed by atoms with Gasteiger partial charge < -0.3 is 15.7 Å². The van der Waals surface area contributed by atoms with Gasteiger partial charge in [-0.3, -0.25) is 4.79 Å². The molecule has 0 bridgehead atoms. The number of carbonyl (C=O) groups is 1. The fourth-order valence-corrected chi connectivity index (χ4v) is 1.63. The van der Waals surface area contributed by atoms with E-state index in [2.05, 4.69) is 11.1 Å². The maximum atomic E-state index is 10.9. The van der Waals surface area contributed by atoms with Crippen LogP contribution in [0.15, 0.2) is 12.1 Å². The first-order valence-electron chi connectivity index (χ1n) is 4.78. The number of aliphatic hydroxyl groups excluding tert-OH is 1. The SMILES string of the molecule is NC(=O)c1[c]ccc(N2CCC(O)C2)n1. The normalized spacial score (nSPS) is 20.6. The zero-order valence-electron chi connectivity index (χ0n) is 8.18. The first-order valence-corrected chi connectivity index (χ1v) is 4.78. The summed E-state index contributed by atoms with van der Waals surface area (Å²) in [5, 5.41) is 9.37. The number of pyridine rings is 1. The van der Waals surface area contributed by atoms with Crippen molar-refractivity contribution in [2.75, 3.05) is 18.0 Å². The Morgan fingerprint density at radius 3 is 3.13 bits per heavy atom. The molecule has 5 heteroatoms. The number of hydrogen-bond acceptors (Lipinski definition) is 4. The van der Waals surface area contributed by atoms with E-state index in [4.69, 9.17) is 5.73 Å². The second kappa shape index (κ2) is 3.86. The minimum Gasteiger partial charge on any atom is -0.391 e. The van der Waals surface area contributed by atoms with Gasteiger partial charge >= 0.3 is 0 Å². The Hall–Kier alpha value is -1.62. The lowest BCUT2D eigenvalue weighted by Crippen LogP contribution is -2.23. The topological polar surface area (TPSA) is 79.5 Å². The van der Waals surface area contributed by atoms with Gasteiger partial charge in [0.05, 0.1) is 6.10 Å². The number of anilines is 1. The molecule has 79 valence electrons. The van der Waals surface area contributed by atoms with Gasteiger partial charge in [-0.1, -0.05) is 0 Å². The highest BCUT2D eigenvalue weighted by atomic mass is 16.3. The van der Waals surface area contributed by atoms with Crippen molar-refractivity contribution in [3.63, 3.8) is 0 Å². The molecule has 1 fully saturated rings. The van der Waals surface area contributed by atoms with Crippen LogP contribution in [-0.4, -0.2) is 35.2 Å². The highest BCUT2D eigenvalue weighted by Gasteiger charge is 2.21. The summed E-state index contributed by atoms with van der Waals surface area (Å²) in [6.07, 6.45) is 0.416. The Morgan fingerprint density at radius 1 is 1.73 bits per heavy atom. The van der Waals surface area contributed by atoms with E-state index in [0.29, 0.717) is 12.4 Å². The fourth-order valence-electron chi connectivity index (χ4n) is 1.63. The Labute approximate surface area is 87.5 Å². The third-order valence-corrected chi connectivity index (χ3v) is 2.40. The van der Waals surface area contributed by atoms with Gasteiger partial charge in [-0.25, -0.2) is 4.98 Å². The van der Waals surface area contributed by atoms with Gasteiger partial charge in [0.15, 0.2) is 0 Å². The van der Waals surface area contributed by atoms with Crippen LogP contribution in [0, 0.1) is 6.07 Å². The summed E-state index contributed by atoms with van der Waals surface area (Å²) < 4.78 is 0. The molecule has 2 heterocycles. The molecule has 2 rings (SSSR count). The molecule has 0 aliphatic carbocycles. The van der Waals surface area contributed by atoms with Crippen molar-refractivity contribution >= 4 is 11.7 Å². The van der Waals surface area contributed by atoms with Gasteiger partial charge in [0.25, 0.3) is 5.91 Å². The van der Waals surface area contributed by atoms with E-state index >= 15 is 0 Å². The highest BCUT2D eigenvalue weighted by Crippen LogP contribution is 2.17. The molecule has 3 N–H and O–H groups in total. The third kappa shape index (κ3) is 2.07. The van der Waals surface area contributed by atoms with E-state index < -0.39 is 5.91 Å². The van der Waals surface area contributed by atoms with E-state index in [1.165, 1.54) is 0 Å². The first kappa shape index (κ1) is 9.92. The molecule has 5 nitrogen and oxygen atoms in total. The van der Waals surface area contributed by atoms with Crippen LogP contribution >= 0.6 is 0 Å². The second-order valence-corrected chi connectivity index (χ2v) is 3.55. The number of hydrogen-bond donors (Lipinski definition) is 2. The van der Waals surface area contributed by atoms with Crippen LogP contribution in [0.1, 0.15) is 16.9 Å². The lowest BCUT2D eigenvalue weighted by atomic mass is 10.3. The van der Waals surface area contributed by atoms with Crippen LogP contribution in [0.3, 0.4) is 0 Å². The van der Waals surface area contributed by atoms with E-state index in [-0.39, 0.29) is 11.8 Å². The number of nitrogens with zero attached hydrogens (tertiary/aromatic N) is 2. The van der Waals surface area contributed by atoms with Crippen molar-refractivity contribution in [1.29, 1.82) is 0 Å². The van der Waals surface area contributed by atoms with Crippen LogP contribution in [0.2, 0.25) is 0 Å². The summed E-state index contributed by atoms with van der Waals surface area (Å²) in [6.45, 7) is 1.30. The summed E-state index contributed by atoms with van der Waals surface area (Å²) in [4.78, 5) is 16.9. The zero-order valence-corrected chi connectivity index (χ0v) is 8.18. The number of rotatable bonds is 2. The number of carbonyl (C=O) groups excluding carboxylic acids is 1.